The summed E-state index contributed by atoms with van der Waals surface area (Å²) >= 11 is 0. The predicted octanol–water partition coefficient (Wildman–Crippen LogP) is 0.709. The quantitative estimate of drug-likeness (QED) is 0.722. The average Bonchev–Trinajstić information content (AvgIpc) is 2.88. The fraction of sp³-hybridized carbons (Fsp3) is 0.214. The Hall–Kier alpha value is -2.83. The molecule has 1 aromatic carbocycles. The molecule has 0 spiro atoms. The van der Waals surface area contributed by atoms with Gasteiger partial charge < -0.3 is 15.0 Å². The summed E-state index contributed by atoms with van der Waals surface area (Å²) in [5, 5.41) is 5.16. The predicted molar refractivity (Wildman–Crippen MR) is 75.6 cm³/mol. The maximum atomic E-state index is 11.7. The van der Waals surface area contributed by atoms with Crippen LogP contribution in [0.2, 0.25) is 0 Å². The Kier molecular flexibility index (Phi) is 4.55. The minimum absolute atomic E-state index is 0.0528. The molecule has 0 bridgehead atoms. The number of nitrogens with one attached hydrogen (secondary N) is 3. The monoisotopic (exact) mass is 289 g/mol. The molecule has 0 fully saturated rings. The number of aromatic nitrogens is 1. The molecular weight excluding hydrogens is 274 g/mol. The van der Waals surface area contributed by atoms with Crippen LogP contribution in [-0.2, 0) is 20.7 Å². The highest BCUT2D eigenvalue weighted by Gasteiger charge is 2.12. The van der Waals surface area contributed by atoms with Crippen LogP contribution in [0.4, 0.5) is 4.79 Å². The van der Waals surface area contributed by atoms with E-state index in [9.17, 15) is 14.4 Å². The minimum Gasteiger partial charge on any atom is -0.455 e. The van der Waals surface area contributed by atoms with E-state index in [1.54, 1.807) is 6.20 Å². The van der Waals surface area contributed by atoms with E-state index in [0.29, 0.717) is 0 Å². The zero-order chi connectivity index (χ0) is 15.2. The summed E-state index contributed by atoms with van der Waals surface area (Å²) < 4.78 is 4.83. The molecule has 0 saturated heterocycles. The van der Waals surface area contributed by atoms with E-state index in [2.05, 4.69) is 10.3 Å². The van der Waals surface area contributed by atoms with E-state index in [4.69, 9.17) is 4.74 Å². The maximum absolute atomic E-state index is 11.7. The Balaban J connectivity index is 1.87. The molecule has 21 heavy (non-hydrogen) atoms. The van der Waals surface area contributed by atoms with Gasteiger partial charge in [-0.3, -0.25) is 14.9 Å². The van der Waals surface area contributed by atoms with Gasteiger partial charge in [-0.2, -0.15) is 0 Å². The maximum Gasteiger partial charge on any atom is 0.321 e. The molecule has 2 aromatic rings. The van der Waals surface area contributed by atoms with Crippen molar-refractivity contribution >= 4 is 28.8 Å². The summed E-state index contributed by atoms with van der Waals surface area (Å²) in [5.41, 5.74) is 1.72. The molecule has 0 radical (unpaired) electrons. The number of hydrogen-bond acceptors (Lipinski definition) is 4. The molecular formula is C14H15N3O4. The topological polar surface area (TPSA) is 100 Å². The second-order valence-electron chi connectivity index (χ2n) is 4.32. The van der Waals surface area contributed by atoms with Crippen molar-refractivity contribution in [3.8, 4) is 0 Å². The van der Waals surface area contributed by atoms with Crippen LogP contribution in [0.3, 0.4) is 0 Å². The second kappa shape index (κ2) is 6.56. The molecule has 0 aliphatic rings. The number of amides is 3. The number of H-pyrrole nitrogens is 1. The lowest BCUT2D eigenvalue weighted by molar-refractivity contribution is -0.147. The number of imide groups is 1. The molecule has 0 unspecified atom stereocenters. The van der Waals surface area contributed by atoms with E-state index >= 15 is 0 Å². The minimum atomic E-state index is -0.679. The first-order chi connectivity index (χ1) is 10.1. The Morgan fingerprint density at radius 1 is 1.24 bits per heavy atom. The van der Waals surface area contributed by atoms with Gasteiger partial charge in [-0.25, -0.2) is 4.79 Å². The van der Waals surface area contributed by atoms with Crippen molar-refractivity contribution in [2.75, 3.05) is 13.7 Å². The van der Waals surface area contributed by atoms with Crippen LogP contribution < -0.4 is 10.6 Å². The van der Waals surface area contributed by atoms with Gasteiger partial charge in [0, 0.05) is 24.1 Å². The molecule has 0 atom stereocenters. The lowest BCUT2D eigenvalue weighted by atomic mass is 10.1. The van der Waals surface area contributed by atoms with Crippen LogP contribution >= 0.6 is 0 Å². The number of fused-ring (bicyclic) bond motifs is 1. The van der Waals surface area contributed by atoms with Crippen molar-refractivity contribution in [3.63, 3.8) is 0 Å². The largest absolute Gasteiger partial charge is 0.455 e. The van der Waals surface area contributed by atoms with E-state index in [1.165, 1.54) is 7.05 Å². The fourth-order valence-corrected chi connectivity index (χ4v) is 1.86. The Morgan fingerprint density at radius 2 is 2.00 bits per heavy atom. The molecule has 0 aliphatic carbocycles. The lowest BCUT2D eigenvalue weighted by Crippen LogP contribution is -2.39. The normalized spacial score (nSPS) is 10.1. The van der Waals surface area contributed by atoms with Crippen LogP contribution in [0, 0.1) is 0 Å². The van der Waals surface area contributed by atoms with Crippen molar-refractivity contribution in [2.24, 2.45) is 0 Å². The summed E-state index contributed by atoms with van der Waals surface area (Å²) in [6.45, 7) is -0.491. The zero-order valence-corrected chi connectivity index (χ0v) is 11.4. The summed E-state index contributed by atoms with van der Waals surface area (Å²) in [6, 6.07) is 6.92. The third-order valence-corrected chi connectivity index (χ3v) is 2.85. The molecule has 7 nitrogen and oxygen atoms in total. The van der Waals surface area contributed by atoms with Gasteiger partial charge in [0.2, 0.25) is 0 Å². The van der Waals surface area contributed by atoms with Gasteiger partial charge in [0.25, 0.3) is 5.91 Å². The Morgan fingerprint density at radius 3 is 2.76 bits per heavy atom. The lowest BCUT2D eigenvalue weighted by Gasteiger charge is -2.05. The number of benzene rings is 1. The first-order valence-corrected chi connectivity index (χ1v) is 6.32. The summed E-state index contributed by atoms with van der Waals surface area (Å²) in [5.74, 6) is -1.21. The van der Waals surface area contributed by atoms with Gasteiger partial charge in [0.05, 0.1) is 6.42 Å². The Labute approximate surface area is 120 Å². The number of esters is 1. The van der Waals surface area contributed by atoms with E-state index in [1.807, 2.05) is 29.6 Å². The highest BCUT2D eigenvalue weighted by atomic mass is 16.5. The van der Waals surface area contributed by atoms with E-state index in [0.717, 1.165) is 16.5 Å². The van der Waals surface area contributed by atoms with Crippen molar-refractivity contribution in [3.05, 3.63) is 36.0 Å². The van der Waals surface area contributed by atoms with Gasteiger partial charge in [-0.1, -0.05) is 18.2 Å². The van der Waals surface area contributed by atoms with Crippen LogP contribution in [0.15, 0.2) is 30.5 Å². The van der Waals surface area contributed by atoms with Crippen LogP contribution in [-0.4, -0.2) is 36.5 Å². The smallest absolute Gasteiger partial charge is 0.321 e. The van der Waals surface area contributed by atoms with Crippen LogP contribution in [0.25, 0.3) is 10.9 Å². The SMILES string of the molecule is CNC(=O)NC(=O)COC(=O)Cc1c[nH]c2ccccc12. The number of ether oxygens (including phenoxy) is 1. The number of urea groups is 1. The van der Waals surface area contributed by atoms with Crippen LogP contribution in [0.1, 0.15) is 5.56 Å². The van der Waals surface area contributed by atoms with E-state index < -0.39 is 24.5 Å². The first-order valence-electron chi connectivity index (χ1n) is 6.32. The van der Waals surface area contributed by atoms with Crippen molar-refractivity contribution < 1.29 is 19.1 Å². The number of rotatable bonds is 4. The standard InChI is InChI=1S/C14H15N3O4/c1-15-14(20)17-12(18)8-21-13(19)6-9-7-16-11-5-3-2-4-10(9)11/h2-5,7,16H,6,8H2,1H3,(H2,15,17,18,20). The van der Waals surface area contributed by atoms with Gasteiger partial charge >= 0.3 is 12.0 Å². The zero-order valence-electron chi connectivity index (χ0n) is 11.4. The molecule has 2 rings (SSSR count). The second-order valence-corrected chi connectivity index (χ2v) is 4.32. The van der Waals surface area contributed by atoms with Crippen molar-refractivity contribution in [1.82, 2.24) is 15.6 Å². The summed E-state index contributed by atoms with van der Waals surface area (Å²) in [6.07, 6.45) is 1.79. The number of para-hydroxylation sites is 1. The van der Waals surface area contributed by atoms with Gasteiger partial charge in [0.1, 0.15) is 0 Å². The van der Waals surface area contributed by atoms with Crippen LogP contribution in [0.5, 0.6) is 0 Å². The highest BCUT2D eigenvalue weighted by Crippen LogP contribution is 2.18. The summed E-state index contributed by atoms with van der Waals surface area (Å²) in [4.78, 5) is 36.9. The van der Waals surface area contributed by atoms with Crippen molar-refractivity contribution in [2.45, 2.75) is 6.42 Å². The molecule has 0 saturated carbocycles. The van der Waals surface area contributed by atoms with Gasteiger partial charge in [-0.05, 0) is 11.6 Å². The summed E-state index contributed by atoms with van der Waals surface area (Å²) in [7, 11) is 1.38. The number of carbonyl (C=O) groups is 3. The molecule has 3 N–H and O–H groups in total. The van der Waals surface area contributed by atoms with E-state index in [-0.39, 0.29) is 6.42 Å². The number of carbonyl (C=O) groups excluding carboxylic acids is 3. The third-order valence-electron chi connectivity index (χ3n) is 2.85. The number of hydrogen-bond donors (Lipinski definition) is 3. The van der Waals surface area contributed by atoms with Gasteiger partial charge in [0.15, 0.2) is 6.61 Å². The average molecular weight is 289 g/mol. The molecule has 3 amide bonds. The molecule has 1 heterocycles. The molecule has 1 aromatic heterocycles. The molecule has 7 heteroatoms. The van der Waals surface area contributed by atoms with Gasteiger partial charge in [-0.15, -0.1) is 0 Å². The molecule has 110 valence electrons. The van der Waals surface area contributed by atoms with Crippen molar-refractivity contribution in [1.29, 1.82) is 0 Å². The third kappa shape index (κ3) is 3.82. The Bertz CT molecular complexity index is 678. The molecule has 0 aliphatic heterocycles. The highest BCUT2D eigenvalue weighted by molar-refractivity contribution is 5.95. The fourth-order valence-electron chi connectivity index (χ4n) is 1.86. The number of aromatic amines is 1. The first kappa shape index (κ1) is 14.6.